The average molecular weight is 225 g/mol. The Morgan fingerprint density at radius 1 is 1.12 bits per heavy atom. The fourth-order valence-corrected chi connectivity index (χ4v) is 2.76. The Hall–Kier alpha value is -1.80. The number of thiophene rings is 1. The van der Waals surface area contributed by atoms with Gasteiger partial charge in [0.1, 0.15) is 5.75 Å². The third-order valence-corrected chi connectivity index (χ3v) is 3.66. The maximum absolute atomic E-state index is 9.45. The summed E-state index contributed by atoms with van der Waals surface area (Å²) in [6, 6.07) is 18.5. The van der Waals surface area contributed by atoms with E-state index >= 15 is 0 Å². The number of benzene rings is 2. The summed E-state index contributed by atoms with van der Waals surface area (Å²) in [7, 11) is 0. The minimum absolute atomic E-state index is 0.307. The first kappa shape index (κ1) is 9.43. The predicted molar refractivity (Wildman–Crippen MR) is 67.8 cm³/mol. The molecule has 0 aliphatic carbocycles. The van der Waals surface area contributed by atoms with Gasteiger partial charge in [0.2, 0.25) is 0 Å². The molecule has 16 heavy (non-hydrogen) atoms. The monoisotopic (exact) mass is 225 g/mol. The molecule has 0 fully saturated rings. The topological polar surface area (TPSA) is 20.2 Å². The van der Waals surface area contributed by atoms with Crippen molar-refractivity contribution in [1.29, 1.82) is 0 Å². The van der Waals surface area contributed by atoms with E-state index < -0.39 is 0 Å². The molecule has 0 atom stereocenters. The van der Waals surface area contributed by atoms with Crippen molar-refractivity contribution < 1.29 is 5.11 Å². The second kappa shape index (κ2) is 3.65. The van der Waals surface area contributed by atoms with Gasteiger partial charge in [-0.05, 0) is 47.3 Å². The number of hydrogen-bond donors (Lipinski definition) is 1. The molecule has 0 aliphatic heterocycles. The van der Waals surface area contributed by atoms with Crippen LogP contribution in [0.1, 0.15) is 0 Å². The van der Waals surface area contributed by atoms with Crippen LogP contribution in [-0.4, -0.2) is 5.11 Å². The first-order valence-corrected chi connectivity index (χ1v) is 5.84. The molecular formula is C14H9OS. The van der Waals surface area contributed by atoms with Crippen molar-refractivity contribution in [1.82, 2.24) is 0 Å². The van der Waals surface area contributed by atoms with Gasteiger partial charge in [-0.25, -0.2) is 0 Å². The van der Waals surface area contributed by atoms with Crippen molar-refractivity contribution >= 4 is 21.4 Å². The smallest absolute Gasteiger partial charge is 0.116 e. The van der Waals surface area contributed by atoms with Crippen LogP contribution in [0.5, 0.6) is 5.75 Å². The normalized spacial score (nSPS) is 10.8. The summed E-state index contributed by atoms with van der Waals surface area (Å²) in [6.45, 7) is 0. The van der Waals surface area contributed by atoms with Crippen LogP contribution in [0.2, 0.25) is 0 Å². The van der Waals surface area contributed by atoms with Crippen LogP contribution in [-0.2, 0) is 0 Å². The lowest BCUT2D eigenvalue weighted by molar-refractivity contribution is 0.475. The van der Waals surface area contributed by atoms with Gasteiger partial charge in [-0.2, -0.15) is 0 Å². The fraction of sp³-hybridized carbons (Fsp3) is 0. The van der Waals surface area contributed by atoms with Gasteiger partial charge < -0.3 is 5.11 Å². The third-order valence-electron chi connectivity index (χ3n) is 2.49. The van der Waals surface area contributed by atoms with E-state index in [9.17, 15) is 5.11 Å². The lowest BCUT2D eigenvalue weighted by Gasteiger charge is -1.96. The summed E-state index contributed by atoms with van der Waals surface area (Å²) in [5.74, 6) is 0.307. The number of hydrogen-bond acceptors (Lipinski definition) is 2. The molecule has 1 nitrogen and oxygen atoms in total. The second-order valence-electron chi connectivity index (χ2n) is 3.62. The van der Waals surface area contributed by atoms with Gasteiger partial charge >= 0.3 is 0 Å². The molecule has 1 N–H and O–H groups in total. The summed E-state index contributed by atoms with van der Waals surface area (Å²) < 4.78 is 1.25. The Kier molecular flexibility index (Phi) is 2.15. The summed E-state index contributed by atoms with van der Waals surface area (Å²) in [5.41, 5.74) is 1.06. The Balaban J connectivity index is 2.19. The summed E-state index contributed by atoms with van der Waals surface area (Å²) in [4.78, 5) is 1.17. The van der Waals surface area contributed by atoms with Gasteiger partial charge in [-0.15, -0.1) is 11.3 Å². The Morgan fingerprint density at radius 3 is 2.88 bits per heavy atom. The van der Waals surface area contributed by atoms with Crippen LogP contribution < -0.4 is 0 Å². The Bertz CT molecular complexity index is 607. The molecule has 2 aromatic carbocycles. The highest BCUT2D eigenvalue weighted by molar-refractivity contribution is 7.22. The molecule has 0 spiro atoms. The molecule has 0 bridgehead atoms. The van der Waals surface area contributed by atoms with Crippen LogP contribution in [0.4, 0.5) is 0 Å². The molecule has 1 heterocycles. The highest BCUT2D eigenvalue weighted by Crippen LogP contribution is 2.34. The first-order chi connectivity index (χ1) is 7.83. The van der Waals surface area contributed by atoms with E-state index in [-0.39, 0.29) is 0 Å². The number of aromatic hydroxyl groups is 1. The van der Waals surface area contributed by atoms with Gasteiger partial charge in [-0.1, -0.05) is 18.2 Å². The molecule has 0 aliphatic rings. The van der Waals surface area contributed by atoms with Crippen molar-refractivity contribution in [3.63, 3.8) is 0 Å². The Labute approximate surface area is 97.6 Å². The summed E-state index contributed by atoms with van der Waals surface area (Å²) in [5, 5.41) is 10.6. The number of fused-ring (bicyclic) bond motifs is 1. The number of rotatable bonds is 1. The molecular weight excluding hydrogens is 216 g/mol. The van der Waals surface area contributed by atoms with Gasteiger partial charge in [0.25, 0.3) is 0 Å². The minimum atomic E-state index is 0.307. The Morgan fingerprint density at radius 2 is 2.06 bits per heavy atom. The highest BCUT2D eigenvalue weighted by atomic mass is 32.1. The standard InChI is InChI=1S/C14H9OS/c15-12-6-3-5-10(8-12)14-9-11-4-1-2-7-13(11)16-14/h2-9,15H. The zero-order chi connectivity index (χ0) is 11.0. The van der Waals surface area contributed by atoms with Gasteiger partial charge in [0.15, 0.2) is 0 Å². The molecule has 2 heteroatoms. The third kappa shape index (κ3) is 1.57. The molecule has 1 aromatic heterocycles. The average Bonchev–Trinajstić information content (AvgIpc) is 2.72. The second-order valence-corrected chi connectivity index (χ2v) is 4.71. The quantitative estimate of drug-likeness (QED) is 0.661. The first-order valence-electron chi connectivity index (χ1n) is 5.02. The van der Waals surface area contributed by atoms with Crippen LogP contribution in [0.3, 0.4) is 0 Å². The molecule has 3 aromatic rings. The summed E-state index contributed by atoms with van der Waals surface area (Å²) in [6.07, 6.45) is 0. The van der Waals surface area contributed by atoms with Crippen molar-refractivity contribution in [3.05, 3.63) is 54.6 Å². The molecule has 3 rings (SSSR count). The van der Waals surface area contributed by atoms with E-state index in [1.807, 2.05) is 24.3 Å². The lowest BCUT2D eigenvalue weighted by Crippen LogP contribution is -1.70. The van der Waals surface area contributed by atoms with E-state index in [1.54, 1.807) is 23.5 Å². The highest BCUT2D eigenvalue weighted by Gasteiger charge is 2.03. The van der Waals surface area contributed by atoms with E-state index in [4.69, 9.17) is 0 Å². The fourth-order valence-electron chi connectivity index (χ4n) is 1.73. The van der Waals surface area contributed by atoms with Crippen molar-refractivity contribution in [2.45, 2.75) is 0 Å². The van der Waals surface area contributed by atoms with E-state index in [1.165, 1.54) is 15.0 Å². The number of phenols is 1. The molecule has 1 radical (unpaired) electrons. The minimum Gasteiger partial charge on any atom is -0.508 e. The van der Waals surface area contributed by atoms with Crippen molar-refractivity contribution in [2.75, 3.05) is 0 Å². The van der Waals surface area contributed by atoms with Crippen LogP contribution in [0.15, 0.2) is 48.5 Å². The maximum Gasteiger partial charge on any atom is 0.116 e. The van der Waals surface area contributed by atoms with E-state index in [2.05, 4.69) is 18.2 Å². The molecule has 0 amide bonds. The largest absolute Gasteiger partial charge is 0.508 e. The van der Waals surface area contributed by atoms with Crippen molar-refractivity contribution in [3.8, 4) is 16.2 Å². The SMILES string of the molecule is Oc1cccc(-c2cc3c[c]ccc3s2)c1. The van der Waals surface area contributed by atoms with Gasteiger partial charge in [0.05, 0.1) is 0 Å². The molecule has 0 saturated carbocycles. The molecule has 77 valence electrons. The molecule has 0 unspecified atom stereocenters. The van der Waals surface area contributed by atoms with Crippen molar-refractivity contribution in [2.24, 2.45) is 0 Å². The number of phenolic OH excluding ortho intramolecular Hbond substituents is 1. The van der Waals surface area contributed by atoms with Gasteiger partial charge in [-0.3, -0.25) is 0 Å². The van der Waals surface area contributed by atoms with E-state index in [0.717, 1.165) is 5.56 Å². The van der Waals surface area contributed by atoms with E-state index in [0.29, 0.717) is 5.75 Å². The zero-order valence-corrected chi connectivity index (χ0v) is 9.29. The predicted octanol–water partition coefficient (Wildman–Crippen LogP) is 4.07. The van der Waals surface area contributed by atoms with Crippen LogP contribution in [0.25, 0.3) is 20.5 Å². The molecule has 0 saturated heterocycles. The van der Waals surface area contributed by atoms with Crippen LogP contribution >= 0.6 is 11.3 Å². The lowest BCUT2D eigenvalue weighted by atomic mass is 10.1. The summed E-state index contributed by atoms with van der Waals surface area (Å²) >= 11 is 1.73. The van der Waals surface area contributed by atoms with Gasteiger partial charge in [0, 0.05) is 9.58 Å². The zero-order valence-electron chi connectivity index (χ0n) is 8.47. The van der Waals surface area contributed by atoms with Crippen LogP contribution in [0, 0.1) is 6.07 Å². The maximum atomic E-state index is 9.45.